The number of benzene rings is 2. The molecule has 0 radical (unpaired) electrons. The number of anilines is 1. The zero-order valence-corrected chi connectivity index (χ0v) is 16.3. The van der Waals surface area contributed by atoms with Crippen molar-refractivity contribution in [2.75, 3.05) is 31.5 Å². The first-order valence-electron chi connectivity index (χ1n) is 8.91. The third kappa shape index (κ3) is 4.85. The molecule has 3 rings (SSSR count). The normalized spacial score (nSPS) is 19.8. The first-order chi connectivity index (χ1) is 12.1. The van der Waals surface area contributed by atoms with Gasteiger partial charge in [0, 0.05) is 24.7 Å². The molecule has 0 aromatic heterocycles. The van der Waals surface area contributed by atoms with Crippen LogP contribution >= 0.6 is 12.4 Å². The molecule has 2 aromatic rings. The Morgan fingerprint density at radius 3 is 2.58 bits per heavy atom. The summed E-state index contributed by atoms with van der Waals surface area (Å²) in [6.07, 6.45) is 0. The van der Waals surface area contributed by atoms with E-state index in [0.29, 0.717) is 24.9 Å². The molecule has 26 heavy (non-hydrogen) atoms. The van der Waals surface area contributed by atoms with Crippen molar-refractivity contribution in [2.24, 2.45) is 11.7 Å². The molecule has 0 unspecified atom stereocenters. The zero-order valence-electron chi connectivity index (χ0n) is 15.4. The minimum absolute atomic E-state index is 0. The van der Waals surface area contributed by atoms with E-state index in [2.05, 4.69) is 40.5 Å². The van der Waals surface area contributed by atoms with Gasteiger partial charge in [0.15, 0.2) is 0 Å². The van der Waals surface area contributed by atoms with Crippen LogP contribution in [0.5, 0.6) is 0 Å². The molecule has 0 aliphatic carbocycles. The number of aryl methyl sites for hydroxylation is 2. The summed E-state index contributed by atoms with van der Waals surface area (Å²) < 4.78 is 0. The highest BCUT2D eigenvalue weighted by Crippen LogP contribution is 2.31. The maximum Gasteiger partial charge on any atom is 0.238 e. The minimum atomic E-state index is 0. The second-order valence-electron chi connectivity index (χ2n) is 7.07. The lowest BCUT2D eigenvalue weighted by atomic mass is 9.89. The average molecular weight is 374 g/mol. The summed E-state index contributed by atoms with van der Waals surface area (Å²) in [4.78, 5) is 14.7. The highest BCUT2D eigenvalue weighted by atomic mass is 35.5. The number of halogens is 1. The molecule has 140 valence electrons. The molecular formula is C21H28ClN3O. The average Bonchev–Trinajstić information content (AvgIpc) is 3.01. The molecule has 0 spiro atoms. The summed E-state index contributed by atoms with van der Waals surface area (Å²) in [5.41, 5.74) is 10.4. The van der Waals surface area contributed by atoms with Gasteiger partial charge in [0.1, 0.15) is 0 Å². The van der Waals surface area contributed by atoms with Crippen molar-refractivity contribution in [3.8, 4) is 0 Å². The van der Waals surface area contributed by atoms with Crippen LogP contribution < -0.4 is 11.1 Å². The van der Waals surface area contributed by atoms with Crippen LogP contribution in [0.15, 0.2) is 48.5 Å². The molecule has 1 aliphatic rings. The van der Waals surface area contributed by atoms with E-state index in [0.717, 1.165) is 29.9 Å². The highest BCUT2D eigenvalue weighted by molar-refractivity contribution is 5.93. The van der Waals surface area contributed by atoms with E-state index in [1.165, 1.54) is 5.56 Å². The van der Waals surface area contributed by atoms with E-state index in [1.54, 1.807) is 0 Å². The summed E-state index contributed by atoms with van der Waals surface area (Å²) >= 11 is 0. The molecule has 0 bridgehead atoms. The van der Waals surface area contributed by atoms with E-state index in [1.807, 2.05) is 32.0 Å². The highest BCUT2D eigenvalue weighted by Gasteiger charge is 2.33. The van der Waals surface area contributed by atoms with Gasteiger partial charge in [-0.15, -0.1) is 12.4 Å². The minimum Gasteiger partial charge on any atom is -0.330 e. The fourth-order valence-corrected chi connectivity index (χ4v) is 3.67. The Morgan fingerprint density at radius 2 is 1.88 bits per heavy atom. The van der Waals surface area contributed by atoms with Crippen LogP contribution in [0.2, 0.25) is 0 Å². The number of amides is 1. The first-order valence-corrected chi connectivity index (χ1v) is 8.91. The first kappa shape index (κ1) is 20.4. The molecule has 1 saturated heterocycles. The van der Waals surface area contributed by atoms with Crippen molar-refractivity contribution in [3.05, 3.63) is 65.2 Å². The van der Waals surface area contributed by atoms with E-state index in [4.69, 9.17) is 5.73 Å². The standard InChI is InChI=1S/C21H27N3O.ClH/c1-15-8-9-16(2)20(10-15)23-21(25)14-24-12-18(11-22)19(13-24)17-6-4-3-5-7-17;/h3-10,18-19H,11-14,22H2,1-2H3,(H,23,25);1H/t18-,19+;/m1./s1. The second-order valence-corrected chi connectivity index (χ2v) is 7.07. The number of hydrogen-bond donors (Lipinski definition) is 2. The van der Waals surface area contributed by atoms with Gasteiger partial charge in [-0.05, 0) is 49.1 Å². The molecule has 4 nitrogen and oxygen atoms in total. The number of rotatable bonds is 5. The van der Waals surface area contributed by atoms with Crippen LogP contribution in [0.1, 0.15) is 22.6 Å². The fourth-order valence-electron chi connectivity index (χ4n) is 3.67. The number of carbonyl (C=O) groups excluding carboxylic acids is 1. The molecule has 1 fully saturated rings. The molecule has 1 amide bonds. The van der Waals surface area contributed by atoms with Gasteiger partial charge in [-0.2, -0.15) is 0 Å². The van der Waals surface area contributed by atoms with Crippen LogP contribution in [-0.4, -0.2) is 37.0 Å². The van der Waals surface area contributed by atoms with E-state index < -0.39 is 0 Å². The summed E-state index contributed by atoms with van der Waals surface area (Å²) in [6, 6.07) is 16.6. The van der Waals surface area contributed by atoms with E-state index in [-0.39, 0.29) is 18.3 Å². The number of nitrogens with one attached hydrogen (secondary N) is 1. The Balaban J connectivity index is 0.00000243. The lowest BCUT2D eigenvalue weighted by Gasteiger charge is -2.17. The van der Waals surface area contributed by atoms with Gasteiger partial charge in [-0.3, -0.25) is 9.69 Å². The Hall–Kier alpha value is -1.88. The number of carbonyl (C=O) groups is 1. The molecule has 5 heteroatoms. The molecule has 2 atom stereocenters. The monoisotopic (exact) mass is 373 g/mol. The van der Waals surface area contributed by atoms with Crippen LogP contribution in [0.25, 0.3) is 0 Å². The largest absolute Gasteiger partial charge is 0.330 e. The summed E-state index contributed by atoms with van der Waals surface area (Å²) in [6.45, 7) is 6.86. The second kappa shape index (κ2) is 9.17. The van der Waals surface area contributed by atoms with Gasteiger partial charge in [0.25, 0.3) is 0 Å². The van der Waals surface area contributed by atoms with Crippen LogP contribution in [0.3, 0.4) is 0 Å². The van der Waals surface area contributed by atoms with Crippen molar-refractivity contribution in [3.63, 3.8) is 0 Å². The van der Waals surface area contributed by atoms with Gasteiger partial charge >= 0.3 is 0 Å². The van der Waals surface area contributed by atoms with E-state index >= 15 is 0 Å². The van der Waals surface area contributed by atoms with Crippen LogP contribution in [0.4, 0.5) is 5.69 Å². The van der Waals surface area contributed by atoms with Crippen molar-refractivity contribution in [1.82, 2.24) is 4.90 Å². The maximum absolute atomic E-state index is 12.5. The molecule has 0 saturated carbocycles. The fraction of sp³-hybridized carbons (Fsp3) is 0.381. The quantitative estimate of drug-likeness (QED) is 0.845. The van der Waals surface area contributed by atoms with Crippen LogP contribution in [-0.2, 0) is 4.79 Å². The number of nitrogens with zero attached hydrogens (tertiary/aromatic N) is 1. The lowest BCUT2D eigenvalue weighted by Crippen LogP contribution is -2.32. The van der Waals surface area contributed by atoms with Crippen molar-refractivity contribution in [2.45, 2.75) is 19.8 Å². The van der Waals surface area contributed by atoms with Crippen molar-refractivity contribution >= 4 is 24.0 Å². The van der Waals surface area contributed by atoms with Crippen molar-refractivity contribution in [1.29, 1.82) is 0 Å². The predicted molar refractivity (Wildman–Crippen MR) is 110 cm³/mol. The molecule has 2 aromatic carbocycles. The molecule has 1 heterocycles. The summed E-state index contributed by atoms with van der Waals surface area (Å²) in [7, 11) is 0. The molecule has 3 N–H and O–H groups in total. The summed E-state index contributed by atoms with van der Waals surface area (Å²) in [5.74, 6) is 0.841. The molecule has 1 aliphatic heterocycles. The number of likely N-dealkylation sites (tertiary alicyclic amines) is 1. The smallest absolute Gasteiger partial charge is 0.238 e. The lowest BCUT2D eigenvalue weighted by molar-refractivity contribution is -0.117. The SMILES string of the molecule is Cc1ccc(C)c(NC(=O)CN2C[C@@H](CN)[C@H](c3ccccc3)C2)c1.Cl. The van der Waals surface area contributed by atoms with E-state index in [9.17, 15) is 4.79 Å². The van der Waals surface area contributed by atoms with Gasteiger partial charge in [-0.1, -0.05) is 42.5 Å². The summed E-state index contributed by atoms with van der Waals surface area (Å²) in [5, 5.41) is 3.05. The van der Waals surface area contributed by atoms with Crippen LogP contribution in [0, 0.1) is 19.8 Å². The third-order valence-electron chi connectivity index (χ3n) is 5.08. The Morgan fingerprint density at radius 1 is 1.15 bits per heavy atom. The predicted octanol–water partition coefficient (Wildman–Crippen LogP) is 3.34. The number of hydrogen-bond acceptors (Lipinski definition) is 3. The zero-order chi connectivity index (χ0) is 17.8. The van der Waals surface area contributed by atoms with Gasteiger partial charge < -0.3 is 11.1 Å². The Bertz CT molecular complexity index is 735. The Labute approximate surface area is 162 Å². The van der Waals surface area contributed by atoms with Gasteiger partial charge in [0.05, 0.1) is 6.54 Å². The van der Waals surface area contributed by atoms with Gasteiger partial charge in [0.2, 0.25) is 5.91 Å². The Kier molecular flexibility index (Phi) is 7.21. The molecular weight excluding hydrogens is 346 g/mol. The topological polar surface area (TPSA) is 58.4 Å². The number of nitrogens with two attached hydrogens (primary N) is 1. The van der Waals surface area contributed by atoms with Gasteiger partial charge in [-0.25, -0.2) is 0 Å². The maximum atomic E-state index is 12.5. The van der Waals surface area contributed by atoms with Crippen molar-refractivity contribution < 1.29 is 4.79 Å². The third-order valence-corrected chi connectivity index (χ3v) is 5.08.